The fraction of sp³-hybridized carbons (Fsp3) is 0.0862. The number of nitrogens with one attached hydrogen (secondary N) is 1. The second-order valence-electron chi connectivity index (χ2n) is 16.8. The fourth-order valence-electron chi connectivity index (χ4n) is 9.26. The number of aromatic amines is 1. The molecule has 0 radical (unpaired) electrons. The van der Waals surface area contributed by atoms with Crippen LogP contribution in [0, 0.1) is 0 Å². The van der Waals surface area contributed by atoms with Gasteiger partial charge in [-0.1, -0.05) is 126 Å². The zero-order chi connectivity index (χ0) is 48.5. The fourth-order valence-corrected chi connectivity index (χ4v) is 9.26. The smallest absolute Gasteiger partial charge is 0.228 e. The Bertz CT molecular complexity index is 3980. The number of carbonyl (C=O) groups excluding carboxylic acids is 4. The summed E-state index contributed by atoms with van der Waals surface area (Å²) in [4.78, 5) is 50.4. The van der Waals surface area contributed by atoms with Gasteiger partial charge < -0.3 is 15.9 Å². The number of para-hydroxylation sites is 5. The number of fused-ring (bicyclic) bond motifs is 12. The number of hydrogen-bond acceptors (Lipinski definition) is 7. The van der Waals surface area contributed by atoms with Gasteiger partial charge in [0.25, 0.3) is 0 Å². The lowest BCUT2D eigenvalue weighted by Gasteiger charge is -2.03. The van der Waals surface area contributed by atoms with E-state index in [4.69, 9.17) is 10.9 Å². The summed E-state index contributed by atoms with van der Waals surface area (Å²) in [6, 6.07) is 57.0. The first kappa shape index (κ1) is 45.1. The number of H-pyrrole nitrogens is 1. The maximum atomic E-state index is 12.0. The minimum atomic E-state index is -0.0492. The molecule has 0 saturated heterocycles. The van der Waals surface area contributed by atoms with E-state index in [0.717, 1.165) is 87.7 Å². The molecular formula is C58H48N6O5. The van der Waals surface area contributed by atoms with Gasteiger partial charge in [-0.3, -0.25) is 32.9 Å². The van der Waals surface area contributed by atoms with E-state index in [1.807, 2.05) is 140 Å². The molecule has 11 heteroatoms. The molecule has 0 fully saturated rings. The van der Waals surface area contributed by atoms with E-state index >= 15 is 0 Å². The van der Waals surface area contributed by atoms with Crippen molar-refractivity contribution in [2.75, 3.05) is 5.73 Å². The monoisotopic (exact) mass is 908 g/mol. The van der Waals surface area contributed by atoms with Crippen LogP contribution in [0.1, 0.15) is 64.9 Å². The first-order valence-corrected chi connectivity index (χ1v) is 22.4. The van der Waals surface area contributed by atoms with Crippen LogP contribution in [0.2, 0.25) is 0 Å². The van der Waals surface area contributed by atoms with Gasteiger partial charge in [0.05, 0.1) is 38.8 Å². The quantitative estimate of drug-likeness (QED) is 0.0515. The van der Waals surface area contributed by atoms with Crippen LogP contribution >= 0.6 is 0 Å². The van der Waals surface area contributed by atoms with Gasteiger partial charge in [0.15, 0.2) is 5.78 Å². The summed E-state index contributed by atoms with van der Waals surface area (Å²) in [7, 11) is 0. The zero-order valence-electron chi connectivity index (χ0n) is 38.7. The lowest BCUT2D eigenvalue weighted by atomic mass is 10.1. The predicted molar refractivity (Wildman–Crippen MR) is 281 cm³/mol. The Hall–Kier alpha value is -9.09. The largest absolute Gasteiger partial charge is 0.411 e. The number of ketones is 1. The molecular weight excluding hydrogens is 861 g/mol. The number of rotatable bonds is 2. The second kappa shape index (κ2) is 18.7. The third kappa shape index (κ3) is 8.38. The Morgan fingerprint density at radius 2 is 0.754 bits per heavy atom. The Morgan fingerprint density at radius 3 is 1.19 bits per heavy atom. The molecule has 12 aromatic rings. The van der Waals surface area contributed by atoms with Gasteiger partial charge in [0.2, 0.25) is 17.7 Å². The van der Waals surface area contributed by atoms with Gasteiger partial charge in [0, 0.05) is 91.7 Å². The lowest BCUT2D eigenvalue weighted by molar-refractivity contribution is 0.0937. The van der Waals surface area contributed by atoms with Gasteiger partial charge in [-0.15, -0.1) is 0 Å². The van der Waals surface area contributed by atoms with Crippen molar-refractivity contribution in [1.29, 1.82) is 0 Å². The van der Waals surface area contributed by atoms with E-state index in [9.17, 15) is 19.2 Å². The van der Waals surface area contributed by atoms with Crippen molar-refractivity contribution in [3.63, 3.8) is 0 Å². The summed E-state index contributed by atoms with van der Waals surface area (Å²) >= 11 is 0. The first-order chi connectivity index (χ1) is 33.4. The van der Waals surface area contributed by atoms with E-state index in [0.29, 0.717) is 11.3 Å². The number of oxime groups is 1. The van der Waals surface area contributed by atoms with Crippen molar-refractivity contribution in [3.05, 3.63) is 187 Å². The summed E-state index contributed by atoms with van der Waals surface area (Å²) in [5.41, 5.74) is 16.1. The molecule has 0 atom stereocenters. The van der Waals surface area contributed by atoms with Gasteiger partial charge >= 0.3 is 0 Å². The Morgan fingerprint density at radius 1 is 0.406 bits per heavy atom. The maximum Gasteiger partial charge on any atom is 0.228 e. The van der Waals surface area contributed by atoms with Gasteiger partial charge in [-0.2, -0.15) is 0 Å². The summed E-state index contributed by atoms with van der Waals surface area (Å²) in [6.07, 6.45) is 0. The standard InChI is InChI=1S/C16H14N2O2.C16H13NO2.C14H11NO.C12H10N2/c1-10(17-20)12-7-8-14-13-5-3-4-6-15(13)18(11(2)19)16(14)9-12;1-10(18)12-7-8-14-13-5-3-4-6-15(13)17(11(2)19)16(14)9-12;1-10(16)15-13-8-4-2-6-11(13)12-7-3-5-9-14(12)15;13-8-5-6-10-9-3-1-2-4-11(9)14-12(10)7-8/h3-9,20H,1-2H3;3-9H,1-2H3;2-9H,1H3;1-7,14H,13H2/b17-10+;;;. The molecule has 12 rings (SSSR count). The average molecular weight is 909 g/mol. The molecule has 0 saturated carbocycles. The van der Waals surface area contributed by atoms with Crippen LogP contribution < -0.4 is 5.73 Å². The first-order valence-electron chi connectivity index (χ1n) is 22.4. The predicted octanol–water partition coefficient (Wildman–Crippen LogP) is 13.7. The van der Waals surface area contributed by atoms with E-state index in [2.05, 4.69) is 40.5 Å². The molecule has 0 bridgehead atoms. The lowest BCUT2D eigenvalue weighted by Crippen LogP contribution is -2.05. The molecule has 0 amide bonds. The molecule has 0 aliphatic carbocycles. The molecule has 11 nitrogen and oxygen atoms in total. The summed E-state index contributed by atoms with van der Waals surface area (Å²) in [5, 5.41) is 20.9. The van der Waals surface area contributed by atoms with Crippen LogP contribution in [0.5, 0.6) is 0 Å². The molecule has 0 spiro atoms. The van der Waals surface area contributed by atoms with E-state index in [1.165, 1.54) is 24.6 Å². The molecule has 4 N–H and O–H groups in total. The minimum Gasteiger partial charge on any atom is -0.411 e. The molecule has 0 aliphatic rings. The van der Waals surface area contributed by atoms with Gasteiger partial charge in [-0.25, -0.2) is 0 Å². The summed E-state index contributed by atoms with van der Waals surface area (Å²) < 4.78 is 5.13. The Balaban J connectivity index is 0.000000115. The van der Waals surface area contributed by atoms with Gasteiger partial charge in [0.1, 0.15) is 0 Å². The van der Waals surface area contributed by atoms with Crippen molar-refractivity contribution < 1.29 is 24.4 Å². The van der Waals surface area contributed by atoms with Crippen LogP contribution in [0.3, 0.4) is 0 Å². The van der Waals surface area contributed by atoms with Crippen molar-refractivity contribution in [2.24, 2.45) is 5.16 Å². The minimum absolute atomic E-state index is 0.00209. The topological polar surface area (TPSA) is 157 Å². The Kier molecular flexibility index (Phi) is 12.2. The summed E-state index contributed by atoms with van der Waals surface area (Å²) in [5.74, 6) is -0.0292. The molecule has 340 valence electrons. The van der Waals surface area contributed by atoms with Crippen molar-refractivity contribution in [1.82, 2.24) is 18.7 Å². The van der Waals surface area contributed by atoms with E-state index < -0.39 is 0 Å². The number of hydrogen-bond donors (Lipinski definition) is 3. The van der Waals surface area contributed by atoms with Crippen LogP contribution in [0.4, 0.5) is 5.69 Å². The number of nitrogen functional groups attached to an aromatic ring is 1. The van der Waals surface area contributed by atoms with E-state index in [-0.39, 0.29) is 23.5 Å². The number of nitrogens with two attached hydrogens (primary N) is 1. The SMILES string of the molecule is CC(=O)c1ccc2c3ccccc3n(C(C)=O)c2c1.CC(=O)n1c2ccccc2c2ccc(/C(C)=N/O)cc21.CC(=O)n1c2ccccc2c2ccccc21.Nc1ccc2c(c1)[nH]c1ccccc12. The highest BCUT2D eigenvalue weighted by Crippen LogP contribution is 2.32. The summed E-state index contributed by atoms with van der Waals surface area (Å²) in [6.45, 7) is 7.93. The van der Waals surface area contributed by atoms with Crippen molar-refractivity contribution >= 4 is 122 Å². The third-order valence-corrected chi connectivity index (χ3v) is 12.4. The van der Waals surface area contributed by atoms with Gasteiger partial charge in [-0.05, 0) is 68.4 Å². The molecule has 4 heterocycles. The number of aromatic nitrogens is 4. The number of Topliss-reactive ketones (excluding diaryl/α,β-unsaturated/α-hetero) is 1. The van der Waals surface area contributed by atoms with Crippen LogP contribution in [0.15, 0.2) is 181 Å². The van der Waals surface area contributed by atoms with E-state index in [1.54, 1.807) is 40.5 Å². The maximum absolute atomic E-state index is 12.0. The molecule has 8 aromatic carbocycles. The Labute approximate surface area is 396 Å². The molecule has 4 aromatic heterocycles. The zero-order valence-corrected chi connectivity index (χ0v) is 38.7. The molecule has 0 aliphatic heterocycles. The van der Waals surface area contributed by atoms with Crippen molar-refractivity contribution in [2.45, 2.75) is 34.6 Å². The number of nitrogens with zero attached hydrogens (tertiary/aromatic N) is 4. The highest BCUT2D eigenvalue weighted by atomic mass is 16.4. The molecule has 0 unspecified atom stereocenters. The van der Waals surface area contributed by atoms with Crippen LogP contribution in [0.25, 0.3) is 87.2 Å². The molecule has 69 heavy (non-hydrogen) atoms. The number of anilines is 1. The highest BCUT2D eigenvalue weighted by molar-refractivity contribution is 6.17. The average Bonchev–Trinajstić information content (AvgIpc) is 4.10. The normalized spacial score (nSPS) is 11.4. The number of carbonyl (C=O) groups is 4. The van der Waals surface area contributed by atoms with Crippen LogP contribution in [-0.4, -0.2) is 53.1 Å². The third-order valence-electron chi connectivity index (χ3n) is 12.4. The van der Waals surface area contributed by atoms with Crippen LogP contribution in [-0.2, 0) is 0 Å². The second-order valence-corrected chi connectivity index (χ2v) is 16.8. The van der Waals surface area contributed by atoms with Crippen molar-refractivity contribution in [3.8, 4) is 0 Å². The number of benzene rings is 8. The highest BCUT2D eigenvalue weighted by Gasteiger charge is 2.16.